The lowest BCUT2D eigenvalue weighted by Crippen LogP contribution is -2.03. The first-order chi connectivity index (χ1) is 11.1. The number of anilines is 1. The first kappa shape index (κ1) is 15.6. The van der Waals surface area contributed by atoms with E-state index in [-0.39, 0.29) is 0 Å². The zero-order valence-electron chi connectivity index (χ0n) is 13.5. The van der Waals surface area contributed by atoms with Gasteiger partial charge in [0.05, 0.1) is 12.6 Å². The van der Waals surface area contributed by atoms with Crippen molar-refractivity contribution in [1.29, 1.82) is 0 Å². The van der Waals surface area contributed by atoms with Gasteiger partial charge in [-0.1, -0.05) is 23.7 Å². The van der Waals surface area contributed by atoms with Crippen molar-refractivity contribution in [1.82, 2.24) is 4.98 Å². The fourth-order valence-corrected chi connectivity index (χ4v) is 2.76. The van der Waals surface area contributed by atoms with Crippen LogP contribution in [0.15, 0.2) is 42.5 Å². The molecule has 0 saturated carbocycles. The Labute approximate surface area is 141 Å². The summed E-state index contributed by atoms with van der Waals surface area (Å²) < 4.78 is 5.23. The van der Waals surface area contributed by atoms with Crippen LogP contribution in [0.2, 0.25) is 5.15 Å². The number of rotatable bonds is 4. The lowest BCUT2D eigenvalue weighted by atomic mass is 10.1. The standard InChI is InChI=1S/C19H19ClN2O/c1-12-5-4-6-17(13(12)2)21-11-15-9-14-7-8-16(23-3)10-18(14)22-19(15)20/h4-10,21H,11H2,1-3H3. The average Bonchev–Trinajstić information content (AvgIpc) is 2.55. The van der Waals surface area contributed by atoms with Crippen molar-refractivity contribution in [2.45, 2.75) is 20.4 Å². The van der Waals surface area contributed by atoms with E-state index in [1.165, 1.54) is 11.1 Å². The van der Waals surface area contributed by atoms with Crippen molar-refractivity contribution in [2.24, 2.45) is 0 Å². The Kier molecular flexibility index (Phi) is 4.39. The van der Waals surface area contributed by atoms with Gasteiger partial charge in [0.25, 0.3) is 0 Å². The summed E-state index contributed by atoms with van der Waals surface area (Å²) in [6.07, 6.45) is 0. The molecule has 1 heterocycles. The van der Waals surface area contributed by atoms with Crippen LogP contribution in [-0.4, -0.2) is 12.1 Å². The SMILES string of the molecule is COc1ccc2cc(CNc3cccc(C)c3C)c(Cl)nc2c1. The van der Waals surface area contributed by atoms with Gasteiger partial charge in [0.1, 0.15) is 10.9 Å². The number of pyridine rings is 1. The summed E-state index contributed by atoms with van der Waals surface area (Å²) in [7, 11) is 1.64. The highest BCUT2D eigenvalue weighted by molar-refractivity contribution is 6.30. The van der Waals surface area contributed by atoms with E-state index in [1.54, 1.807) is 7.11 Å². The van der Waals surface area contributed by atoms with E-state index in [2.05, 4.69) is 48.4 Å². The third-order valence-electron chi connectivity index (χ3n) is 4.12. The van der Waals surface area contributed by atoms with E-state index in [4.69, 9.17) is 16.3 Å². The van der Waals surface area contributed by atoms with Gasteiger partial charge in [-0.15, -0.1) is 0 Å². The predicted octanol–water partition coefficient (Wildman–Crippen LogP) is 5.13. The number of halogens is 1. The molecule has 0 aliphatic carbocycles. The smallest absolute Gasteiger partial charge is 0.134 e. The minimum Gasteiger partial charge on any atom is -0.497 e. The molecule has 0 saturated heterocycles. The van der Waals surface area contributed by atoms with Crippen molar-refractivity contribution >= 4 is 28.2 Å². The van der Waals surface area contributed by atoms with Crippen LogP contribution in [0.4, 0.5) is 5.69 Å². The second-order valence-electron chi connectivity index (χ2n) is 5.60. The molecule has 0 bridgehead atoms. The van der Waals surface area contributed by atoms with E-state index in [9.17, 15) is 0 Å². The zero-order chi connectivity index (χ0) is 16.4. The molecule has 0 unspecified atom stereocenters. The van der Waals surface area contributed by atoms with Gasteiger partial charge in [-0.2, -0.15) is 0 Å². The van der Waals surface area contributed by atoms with Crippen LogP contribution in [0.25, 0.3) is 10.9 Å². The Morgan fingerprint density at radius 3 is 2.74 bits per heavy atom. The number of methoxy groups -OCH3 is 1. The number of benzene rings is 2. The summed E-state index contributed by atoms with van der Waals surface area (Å²) in [5, 5.41) is 5.02. The summed E-state index contributed by atoms with van der Waals surface area (Å²) in [6, 6.07) is 14.1. The third kappa shape index (κ3) is 3.25. The number of hydrogen-bond acceptors (Lipinski definition) is 3. The highest BCUT2D eigenvalue weighted by Crippen LogP contribution is 2.25. The molecule has 2 aromatic carbocycles. The van der Waals surface area contributed by atoms with Crippen LogP contribution in [0.5, 0.6) is 5.75 Å². The number of ether oxygens (including phenoxy) is 1. The van der Waals surface area contributed by atoms with Crippen molar-refractivity contribution in [3.8, 4) is 5.75 Å². The van der Waals surface area contributed by atoms with Gasteiger partial charge in [-0.25, -0.2) is 4.98 Å². The molecule has 1 N–H and O–H groups in total. The molecule has 3 rings (SSSR count). The molecule has 0 spiro atoms. The summed E-state index contributed by atoms with van der Waals surface area (Å²) >= 11 is 6.34. The van der Waals surface area contributed by atoms with Gasteiger partial charge < -0.3 is 10.1 Å². The van der Waals surface area contributed by atoms with Crippen molar-refractivity contribution < 1.29 is 4.74 Å². The number of nitrogens with zero attached hydrogens (tertiary/aromatic N) is 1. The zero-order valence-corrected chi connectivity index (χ0v) is 14.2. The van der Waals surface area contributed by atoms with E-state index < -0.39 is 0 Å². The van der Waals surface area contributed by atoms with Crippen LogP contribution < -0.4 is 10.1 Å². The molecule has 0 aliphatic heterocycles. The van der Waals surface area contributed by atoms with E-state index >= 15 is 0 Å². The number of fused-ring (bicyclic) bond motifs is 1. The molecule has 3 nitrogen and oxygen atoms in total. The summed E-state index contributed by atoms with van der Waals surface area (Å²) in [4.78, 5) is 4.48. The highest BCUT2D eigenvalue weighted by atomic mass is 35.5. The van der Waals surface area contributed by atoms with Gasteiger partial charge >= 0.3 is 0 Å². The van der Waals surface area contributed by atoms with Gasteiger partial charge in [-0.3, -0.25) is 0 Å². The maximum Gasteiger partial charge on any atom is 0.134 e. The minimum atomic E-state index is 0.517. The number of aromatic nitrogens is 1. The van der Waals surface area contributed by atoms with Crippen LogP contribution in [0.3, 0.4) is 0 Å². The molecule has 0 radical (unpaired) electrons. The van der Waals surface area contributed by atoms with Crippen LogP contribution in [0, 0.1) is 13.8 Å². The van der Waals surface area contributed by atoms with Crippen molar-refractivity contribution in [3.05, 3.63) is 64.3 Å². The Morgan fingerprint density at radius 2 is 1.96 bits per heavy atom. The van der Waals surface area contributed by atoms with Gasteiger partial charge in [0, 0.05) is 29.2 Å². The van der Waals surface area contributed by atoms with Gasteiger partial charge in [0.15, 0.2) is 0 Å². The Balaban J connectivity index is 1.88. The Bertz CT molecular complexity index is 861. The number of hydrogen-bond donors (Lipinski definition) is 1. The summed E-state index contributed by atoms with van der Waals surface area (Å²) in [6.45, 7) is 4.86. The van der Waals surface area contributed by atoms with E-state index in [0.29, 0.717) is 11.7 Å². The third-order valence-corrected chi connectivity index (χ3v) is 4.45. The monoisotopic (exact) mass is 326 g/mol. The van der Waals surface area contributed by atoms with E-state index in [1.807, 2.05) is 18.2 Å². The Morgan fingerprint density at radius 1 is 1.13 bits per heavy atom. The highest BCUT2D eigenvalue weighted by Gasteiger charge is 2.07. The minimum absolute atomic E-state index is 0.517. The molecule has 0 amide bonds. The average molecular weight is 327 g/mol. The second kappa shape index (κ2) is 6.47. The quantitative estimate of drug-likeness (QED) is 0.675. The molecule has 0 atom stereocenters. The number of aryl methyl sites for hydroxylation is 1. The molecule has 4 heteroatoms. The predicted molar refractivity (Wildman–Crippen MR) is 96.5 cm³/mol. The fraction of sp³-hybridized carbons (Fsp3) is 0.211. The molecular formula is C19H19ClN2O. The maximum absolute atomic E-state index is 6.34. The van der Waals surface area contributed by atoms with Crippen molar-refractivity contribution in [2.75, 3.05) is 12.4 Å². The molecule has 3 aromatic rings. The molecule has 0 fully saturated rings. The van der Waals surface area contributed by atoms with E-state index in [0.717, 1.165) is 27.9 Å². The Hall–Kier alpha value is -2.26. The normalized spacial score (nSPS) is 10.8. The first-order valence-electron chi connectivity index (χ1n) is 7.52. The molecular weight excluding hydrogens is 308 g/mol. The van der Waals surface area contributed by atoms with Crippen LogP contribution in [0.1, 0.15) is 16.7 Å². The van der Waals surface area contributed by atoms with Gasteiger partial charge in [-0.05, 0) is 49.2 Å². The topological polar surface area (TPSA) is 34.1 Å². The maximum atomic E-state index is 6.34. The number of nitrogens with one attached hydrogen (secondary N) is 1. The van der Waals surface area contributed by atoms with Crippen molar-refractivity contribution in [3.63, 3.8) is 0 Å². The fourth-order valence-electron chi connectivity index (χ4n) is 2.55. The molecule has 1 aromatic heterocycles. The lowest BCUT2D eigenvalue weighted by Gasteiger charge is -2.13. The second-order valence-corrected chi connectivity index (χ2v) is 5.96. The van der Waals surface area contributed by atoms with Crippen LogP contribution in [-0.2, 0) is 6.54 Å². The molecule has 118 valence electrons. The summed E-state index contributed by atoms with van der Waals surface area (Å²) in [5.74, 6) is 0.780. The molecule has 23 heavy (non-hydrogen) atoms. The summed E-state index contributed by atoms with van der Waals surface area (Å²) in [5.41, 5.74) is 5.46. The first-order valence-corrected chi connectivity index (χ1v) is 7.89. The van der Waals surface area contributed by atoms with Gasteiger partial charge in [0.2, 0.25) is 0 Å². The van der Waals surface area contributed by atoms with Crippen LogP contribution >= 0.6 is 11.6 Å². The largest absolute Gasteiger partial charge is 0.497 e. The lowest BCUT2D eigenvalue weighted by molar-refractivity contribution is 0.415. The molecule has 0 aliphatic rings.